The van der Waals surface area contributed by atoms with Crippen molar-refractivity contribution in [1.82, 2.24) is 9.61 Å². The number of hydrogen-bond donors (Lipinski definition) is 0. The maximum absolute atomic E-state index is 4.81. The lowest BCUT2D eigenvalue weighted by Gasteiger charge is -2.09. The molecule has 0 saturated carbocycles. The topological polar surface area (TPSA) is 17.3 Å². The third-order valence-corrected chi connectivity index (χ3v) is 4.32. The van der Waals surface area contributed by atoms with Gasteiger partial charge in [0, 0.05) is 9.13 Å². The third kappa shape index (κ3) is 2.59. The van der Waals surface area contributed by atoms with Gasteiger partial charge in [0.15, 0.2) is 0 Å². The molecule has 0 saturated heterocycles. The first-order valence-corrected chi connectivity index (χ1v) is 7.95. The van der Waals surface area contributed by atoms with Gasteiger partial charge in [0.05, 0.1) is 16.9 Å². The third-order valence-electron chi connectivity index (χ3n) is 3.34. The molecule has 0 spiro atoms. The fourth-order valence-electron chi connectivity index (χ4n) is 2.41. The minimum atomic E-state index is 0.624. The molecular weight excluding hydrogens is 359 g/mol. The van der Waals surface area contributed by atoms with Gasteiger partial charge >= 0.3 is 0 Å². The van der Waals surface area contributed by atoms with Gasteiger partial charge in [-0.15, -0.1) is 0 Å². The van der Waals surface area contributed by atoms with Crippen molar-refractivity contribution in [2.75, 3.05) is 0 Å². The Balaban J connectivity index is 2.16. The Bertz CT molecular complexity index is 729. The Hall–Kier alpha value is -1.36. The average Bonchev–Trinajstić information content (AvgIpc) is 2.87. The molecule has 1 aromatic carbocycles. The molecule has 102 valence electrons. The molecule has 2 nitrogen and oxygen atoms in total. The zero-order valence-electron chi connectivity index (χ0n) is 11.7. The smallest absolute Gasteiger partial charge is 0.0933 e. The van der Waals surface area contributed by atoms with Crippen molar-refractivity contribution in [1.29, 1.82) is 0 Å². The summed E-state index contributed by atoms with van der Waals surface area (Å²) in [4.78, 5) is 0. The zero-order chi connectivity index (χ0) is 14.1. The lowest BCUT2D eigenvalue weighted by molar-refractivity contribution is 0.618. The van der Waals surface area contributed by atoms with Crippen LogP contribution in [0.2, 0.25) is 0 Å². The van der Waals surface area contributed by atoms with Gasteiger partial charge in [0.2, 0.25) is 0 Å². The van der Waals surface area contributed by atoms with E-state index in [2.05, 4.69) is 83.4 Å². The van der Waals surface area contributed by atoms with Crippen LogP contribution in [0.3, 0.4) is 0 Å². The molecular formula is C17H17IN2. The van der Waals surface area contributed by atoms with Crippen molar-refractivity contribution in [2.24, 2.45) is 5.92 Å². The second-order valence-electron chi connectivity index (χ2n) is 5.46. The van der Waals surface area contributed by atoms with Crippen LogP contribution in [0.25, 0.3) is 16.8 Å². The molecule has 0 bridgehead atoms. The van der Waals surface area contributed by atoms with E-state index >= 15 is 0 Å². The predicted octanol–water partition coefficient (Wildman–Crippen LogP) is 4.80. The van der Waals surface area contributed by atoms with E-state index in [1.54, 1.807) is 0 Å². The van der Waals surface area contributed by atoms with Gasteiger partial charge in [-0.2, -0.15) is 5.10 Å². The minimum Gasteiger partial charge on any atom is -0.236 e. The van der Waals surface area contributed by atoms with Crippen molar-refractivity contribution < 1.29 is 0 Å². The molecule has 0 N–H and O–H groups in total. The normalized spacial score (nSPS) is 11.4. The standard InChI is InChI=1S/C17H17IN2/c1-12(2)10-17-15(18)9-8-14-11-16(19-20(14)17)13-6-4-3-5-7-13/h3-9,11-12H,10H2,1-2H3. The summed E-state index contributed by atoms with van der Waals surface area (Å²) in [6.07, 6.45) is 1.05. The number of halogens is 1. The zero-order valence-corrected chi connectivity index (χ0v) is 13.8. The van der Waals surface area contributed by atoms with Crippen LogP contribution in [0.5, 0.6) is 0 Å². The maximum Gasteiger partial charge on any atom is 0.0933 e. The van der Waals surface area contributed by atoms with Crippen LogP contribution in [0.4, 0.5) is 0 Å². The number of pyridine rings is 1. The molecule has 20 heavy (non-hydrogen) atoms. The summed E-state index contributed by atoms with van der Waals surface area (Å²) in [6, 6.07) is 16.8. The largest absolute Gasteiger partial charge is 0.236 e. The number of hydrogen-bond acceptors (Lipinski definition) is 1. The molecule has 3 heteroatoms. The molecule has 0 radical (unpaired) electrons. The molecule has 2 heterocycles. The number of nitrogens with zero attached hydrogens (tertiary/aromatic N) is 2. The summed E-state index contributed by atoms with van der Waals surface area (Å²) in [5, 5.41) is 4.81. The van der Waals surface area contributed by atoms with Gasteiger partial charge in [-0.1, -0.05) is 44.2 Å². The van der Waals surface area contributed by atoms with Crippen molar-refractivity contribution in [2.45, 2.75) is 20.3 Å². The van der Waals surface area contributed by atoms with E-state index in [1.165, 1.54) is 20.3 Å². The highest BCUT2D eigenvalue weighted by atomic mass is 127. The lowest BCUT2D eigenvalue weighted by atomic mass is 10.1. The highest BCUT2D eigenvalue weighted by molar-refractivity contribution is 14.1. The van der Waals surface area contributed by atoms with E-state index in [0.29, 0.717) is 5.92 Å². The van der Waals surface area contributed by atoms with Crippen molar-refractivity contribution in [3.05, 3.63) is 57.8 Å². The Morgan fingerprint density at radius 2 is 1.85 bits per heavy atom. The van der Waals surface area contributed by atoms with Crippen molar-refractivity contribution >= 4 is 28.1 Å². The van der Waals surface area contributed by atoms with E-state index in [-0.39, 0.29) is 0 Å². The molecule has 0 aliphatic heterocycles. The van der Waals surface area contributed by atoms with Gasteiger partial charge in [-0.3, -0.25) is 0 Å². The lowest BCUT2D eigenvalue weighted by Crippen LogP contribution is -2.05. The summed E-state index contributed by atoms with van der Waals surface area (Å²) in [5.74, 6) is 0.624. The summed E-state index contributed by atoms with van der Waals surface area (Å²) >= 11 is 2.40. The molecule has 3 aromatic rings. The Morgan fingerprint density at radius 1 is 1.10 bits per heavy atom. The number of aromatic nitrogens is 2. The predicted molar refractivity (Wildman–Crippen MR) is 91.9 cm³/mol. The molecule has 3 rings (SSSR count). The van der Waals surface area contributed by atoms with E-state index in [4.69, 9.17) is 5.10 Å². The monoisotopic (exact) mass is 376 g/mol. The Kier molecular flexibility index (Phi) is 3.78. The first-order chi connectivity index (χ1) is 9.65. The molecule has 0 aliphatic carbocycles. The molecule has 0 atom stereocenters. The highest BCUT2D eigenvalue weighted by Crippen LogP contribution is 2.23. The summed E-state index contributed by atoms with van der Waals surface area (Å²) < 4.78 is 3.39. The van der Waals surface area contributed by atoms with Crippen LogP contribution in [-0.4, -0.2) is 9.61 Å². The van der Waals surface area contributed by atoms with Gasteiger partial charge < -0.3 is 0 Å². The molecule has 0 fully saturated rings. The van der Waals surface area contributed by atoms with Gasteiger partial charge in [0.1, 0.15) is 0 Å². The first-order valence-electron chi connectivity index (χ1n) is 6.88. The number of benzene rings is 1. The second-order valence-corrected chi connectivity index (χ2v) is 6.62. The van der Waals surface area contributed by atoms with E-state index in [9.17, 15) is 0 Å². The van der Waals surface area contributed by atoms with Crippen molar-refractivity contribution in [3.8, 4) is 11.3 Å². The van der Waals surface area contributed by atoms with E-state index in [0.717, 1.165) is 12.1 Å². The summed E-state index contributed by atoms with van der Waals surface area (Å²) in [7, 11) is 0. The van der Waals surface area contributed by atoms with Crippen molar-refractivity contribution in [3.63, 3.8) is 0 Å². The van der Waals surface area contributed by atoms with E-state index in [1.807, 2.05) is 6.07 Å². The van der Waals surface area contributed by atoms with Gasteiger partial charge in [-0.05, 0) is 53.1 Å². The first kappa shape index (κ1) is 13.6. The molecule has 0 unspecified atom stereocenters. The van der Waals surface area contributed by atoms with Crippen LogP contribution in [0, 0.1) is 9.49 Å². The maximum atomic E-state index is 4.81. The van der Waals surface area contributed by atoms with Crippen LogP contribution >= 0.6 is 22.6 Å². The molecule has 0 aliphatic rings. The summed E-state index contributed by atoms with van der Waals surface area (Å²) in [6.45, 7) is 4.49. The molecule has 2 aromatic heterocycles. The van der Waals surface area contributed by atoms with Crippen LogP contribution in [0.1, 0.15) is 19.5 Å². The molecule has 0 amide bonds. The Morgan fingerprint density at radius 3 is 2.55 bits per heavy atom. The fourth-order valence-corrected chi connectivity index (χ4v) is 3.04. The Labute approximate surface area is 133 Å². The van der Waals surface area contributed by atoms with Gasteiger partial charge in [0.25, 0.3) is 0 Å². The minimum absolute atomic E-state index is 0.624. The van der Waals surface area contributed by atoms with Crippen LogP contribution in [-0.2, 0) is 6.42 Å². The average molecular weight is 376 g/mol. The van der Waals surface area contributed by atoms with Gasteiger partial charge in [-0.25, -0.2) is 4.52 Å². The van der Waals surface area contributed by atoms with Crippen LogP contribution < -0.4 is 0 Å². The van der Waals surface area contributed by atoms with E-state index < -0.39 is 0 Å². The summed E-state index contributed by atoms with van der Waals surface area (Å²) in [5.41, 5.74) is 4.68. The number of rotatable bonds is 3. The van der Waals surface area contributed by atoms with Crippen LogP contribution in [0.15, 0.2) is 48.5 Å². The highest BCUT2D eigenvalue weighted by Gasteiger charge is 2.11. The quantitative estimate of drug-likeness (QED) is 0.600. The number of fused-ring (bicyclic) bond motifs is 1. The fraction of sp³-hybridized carbons (Fsp3) is 0.235. The SMILES string of the molecule is CC(C)Cc1c(I)ccc2cc(-c3ccccc3)nn12. The second kappa shape index (κ2) is 5.56.